The van der Waals surface area contributed by atoms with E-state index in [1.165, 1.54) is 27.5 Å². The molecule has 0 N–H and O–H groups in total. The van der Waals surface area contributed by atoms with Crippen LogP contribution in [0.4, 0.5) is 0 Å². The molecule has 2 heterocycles. The minimum Gasteiger partial charge on any atom is -0.455 e. The van der Waals surface area contributed by atoms with Crippen LogP contribution < -0.4 is 0 Å². The third-order valence-electron chi connectivity index (χ3n) is 8.60. The molecule has 0 atom stereocenters. The maximum absolute atomic E-state index is 6.27. The second kappa shape index (κ2) is 9.37. The van der Waals surface area contributed by atoms with E-state index in [0.29, 0.717) is 0 Å². The first kappa shape index (κ1) is 23.9. The van der Waals surface area contributed by atoms with Crippen molar-refractivity contribution in [2.45, 2.75) is 0 Å². The van der Waals surface area contributed by atoms with Crippen LogP contribution in [0.3, 0.4) is 0 Å². The topological polar surface area (TPSA) is 38.9 Å². The van der Waals surface area contributed by atoms with Crippen LogP contribution in [0.25, 0.3) is 87.9 Å². The zero-order valence-electron chi connectivity index (χ0n) is 23.2. The summed E-state index contributed by atoms with van der Waals surface area (Å²) in [4.78, 5) is 9.43. The van der Waals surface area contributed by atoms with Crippen LogP contribution in [0.1, 0.15) is 0 Å². The molecule has 0 unspecified atom stereocenters. The maximum Gasteiger partial charge on any atom is 0.143 e. The van der Waals surface area contributed by atoms with E-state index >= 15 is 0 Å². The van der Waals surface area contributed by atoms with Crippen LogP contribution in [0.5, 0.6) is 0 Å². The summed E-state index contributed by atoms with van der Waals surface area (Å²) >= 11 is 0. The van der Waals surface area contributed by atoms with Gasteiger partial charge in [0.15, 0.2) is 0 Å². The molecule has 0 aliphatic rings. The fourth-order valence-electron chi connectivity index (χ4n) is 6.48. The van der Waals surface area contributed by atoms with Crippen molar-refractivity contribution in [3.05, 3.63) is 146 Å². The number of para-hydroxylation sites is 2. The van der Waals surface area contributed by atoms with Crippen molar-refractivity contribution in [3.8, 4) is 33.4 Å². The number of hydrogen-bond acceptors (Lipinski definition) is 3. The zero-order valence-corrected chi connectivity index (χ0v) is 23.2. The van der Waals surface area contributed by atoms with Gasteiger partial charge in [0.2, 0.25) is 0 Å². The third kappa shape index (κ3) is 3.75. The SMILES string of the molecule is c1ccc2c(c1)oc1c(-c3ccc(-c4ccc(-c5ccc6c7ccccc7c7nccnc7c6c5)cc4)cc3)cccc12. The molecule has 0 aliphatic carbocycles. The first-order valence-corrected chi connectivity index (χ1v) is 14.5. The Morgan fingerprint density at radius 1 is 0.372 bits per heavy atom. The highest BCUT2D eigenvalue weighted by atomic mass is 16.3. The molecule has 7 aromatic carbocycles. The summed E-state index contributed by atoms with van der Waals surface area (Å²) in [6.07, 6.45) is 3.55. The number of hydrogen-bond donors (Lipinski definition) is 0. The summed E-state index contributed by atoms with van der Waals surface area (Å²) in [5.74, 6) is 0. The highest BCUT2D eigenvalue weighted by molar-refractivity contribution is 6.23. The lowest BCUT2D eigenvalue weighted by Gasteiger charge is -2.11. The molecule has 0 spiro atoms. The van der Waals surface area contributed by atoms with Crippen LogP contribution in [0, 0.1) is 0 Å². The fourth-order valence-corrected chi connectivity index (χ4v) is 6.48. The molecule has 0 radical (unpaired) electrons. The van der Waals surface area contributed by atoms with Gasteiger partial charge in [0.25, 0.3) is 0 Å². The van der Waals surface area contributed by atoms with Crippen molar-refractivity contribution in [2.75, 3.05) is 0 Å². The van der Waals surface area contributed by atoms with Crippen LogP contribution in [0.2, 0.25) is 0 Å². The summed E-state index contributed by atoms with van der Waals surface area (Å²) in [5.41, 5.74) is 10.7. The number of aromatic nitrogens is 2. The molecule has 0 aliphatic heterocycles. The van der Waals surface area contributed by atoms with Gasteiger partial charge >= 0.3 is 0 Å². The molecule has 3 nitrogen and oxygen atoms in total. The summed E-state index contributed by atoms with van der Waals surface area (Å²) in [6.45, 7) is 0. The predicted octanol–water partition coefficient (Wildman–Crippen LogP) is 10.8. The highest BCUT2D eigenvalue weighted by Gasteiger charge is 2.13. The first-order chi connectivity index (χ1) is 21.3. The Labute approximate surface area is 247 Å². The molecule has 0 saturated heterocycles. The van der Waals surface area contributed by atoms with E-state index in [1.807, 2.05) is 12.1 Å². The van der Waals surface area contributed by atoms with Gasteiger partial charge in [-0.1, -0.05) is 121 Å². The molecule has 3 heteroatoms. The van der Waals surface area contributed by atoms with Gasteiger partial charge in [-0.25, -0.2) is 0 Å². The molecule has 0 saturated carbocycles. The van der Waals surface area contributed by atoms with Gasteiger partial charge in [0.05, 0.1) is 11.0 Å². The van der Waals surface area contributed by atoms with Crippen molar-refractivity contribution in [1.29, 1.82) is 0 Å². The molecule has 9 rings (SSSR count). The molecule has 9 aromatic rings. The monoisotopic (exact) mass is 548 g/mol. The van der Waals surface area contributed by atoms with Gasteiger partial charge in [-0.3, -0.25) is 9.97 Å². The minimum absolute atomic E-state index is 0.919. The Kier molecular flexibility index (Phi) is 5.20. The number of furan rings is 1. The van der Waals surface area contributed by atoms with E-state index in [4.69, 9.17) is 9.40 Å². The van der Waals surface area contributed by atoms with Crippen molar-refractivity contribution in [2.24, 2.45) is 0 Å². The molecule has 43 heavy (non-hydrogen) atoms. The van der Waals surface area contributed by atoms with Crippen LogP contribution >= 0.6 is 0 Å². The van der Waals surface area contributed by atoms with Crippen molar-refractivity contribution < 1.29 is 4.42 Å². The van der Waals surface area contributed by atoms with Gasteiger partial charge in [-0.05, 0) is 50.7 Å². The van der Waals surface area contributed by atoms with E-state index in [-0.39, 0.29) is 0 Å². The normalized spacial score (nSPS) is 11.7. The molecule has 0 fully saturated rings. The van der Waals surface area contributed by atoms with E-state index in [0.717, 1.165) is 60.4 Å². The van der Waals surface area contributed by atoms with Gasteiger partial charge in [0, 0.05) is 39.5 Å². The average Bonchev–Trinajstić information content (AvgIpc) is 3.47. The molecule has 200 valence electrons. The number of rotatable bonds is 3. The first-order valence-electron chi connectivity index (χ1n) is 14.5. The van der Waals surface area contributed by atoms with E-state index in [2.05, 4.69) is 126 Å². The van der Waals surface area contributed by atoms with E-state index < -0.39 is 0 Å². The van der Waals surface area contributed by atoms with Gasteiger partial charge < -0.3 is 4.42 Å². The Morgan fingerprint density at radius 3 is 1.65 bits per heavy atom. The van der Waals surface area contributed by atoms with Crippen molar-refractivity contribution in [3.63, 3.8) is 0 Å². The lowest BCUT2D eigenvalue weighted by molar-refractivity contribution is 0.670. The summed E-state index contributed by atoms with van der Waals surface area (Å²) in [6, 6.07) is 47.3. The molecule has 2 aromatic heterocycles. The Hall–Kier alpha value is -5.80. The Bertz CT molecular complexity index is 2450. The van der Waals surface area contributed by atoms with Gasteiger partial charge in [-0.2, -0.15) is 0 Å². The standard InChI is InChI=1S/C40H24N2O/c1-2-8-34-31(6-1)32-21-20-29(24-36(32)39-38(34)41-22-23-42-39)27-14-12-25(13-15-27)26-16-18-28(19-17-26)30-9-5-10-35-33-7-3-4-11-37(33)43-40(30)35/h1-24H. The smallest absolute Gasteiger partial charge is 0.143 e. The fraction of sp³-hybridized carbons (Fsp3) is 0. The molecule has 0 amide bonds. The minimum atomic E-state index is 0.919. The van der Waals surface area contributed by atoms with Crippen LogP contribution in [0.15, 0.2) is 150 Å². The van der Waals surface area contributed by atoms with Crippen molar-refractivity contribution in [1.82, 2.24) is 9.97 Å². The van der Waals surface area contributed by atoms with E-state index in [1.54, 1.807) is 12.4 Å². The summed E-state index contributed by atoms with van der Waals surface area (Å²) < 4.78 is 6.27. The largest absolute Gasteiger partial charge is 0.455 e. The molecular weight excluding hydrogens is 524 g/mol. The van der Waals surface area contributed by atoms with E-state index in [9.17, 15) is 0 Å². The highest BCUT2D eigenvalue weighted by Crippen LogP contribution is 2.38. The molecular formula is C40H24N2O. The second-order valence-corrected chi connectivity index (χ2v) is 11.0. The predicted molar refractivity (Wildman–Crippen MR) is 178 cm³/mol. The lowest BCUT2D eigenvalue weighted by Crippen LogP contribution is -1.89. The number of benzene rings is 7. The third-order valence-corrected chi connectivity index (χ3v) is 8.60. The Morgan fingerprint density at radius 2 is 0.907 bits per heavy atom. The second-order valence-electron chi connectivity index (χ2n) is 11.0. The number of fused-ring (bicyclic) bond motifs is 9. The summed E-state index contributed by atoms with van der Waals surface area (Å²) in [7, 11) is 0. The number of nitrogens with zero attached hydrogens (tertiary/aromatic N) is 2. The maximum atomic E-state index is 6.27. The summed E-state index contributed by atoms with van der Waals surface area (Å²) in [5, 5.41) is 6.95. The zero-order chi connectivity index (χ0) is 28.3. The van der Waals surface area contributed by atoms with Gasteiger partial charge in [0.1, 0.15) is 11.2 Å². The van der Waals surface area contributed by atoms with Crippen molar-refractivity contribution >= 4 is 54.5 Å². The quantitative estimate of drug-likeness (QED) is 0.206. The van der Waals surface area contributed by atoms with Crippen LogP contribution in [-0.4, -0.2) is 9.97 Å². The van der Waals surface area contributed by atoms with Gasteiger partial charge in [-0.15, -0.1) is 0 Å². The Balaban J connectivity index is 1.07. The lowest BCUT2D eigenvalue weighted by atomic mass is 9.94. The van der Waals surface area contributed by atoms with Crippen LogP contribution in [-0.2, 0) is 0 Å². The average molecular weight is 549 g/mol. The molecule has 0 bridgehead atoms.